The van der Waals surface area contributed by atoms with Gasteiger partial charge in [-0.3, -0.25) is 19.2 Å². The minimum Gasteiger partial charge on any atom is -0.346 e. The van der Waals surface area contributed by atoms with Crippen molar-refractivity contribution in [2.75, 3.05) is 26.7 Å². The van der Waals surface area contributed by atoms with Gasteiger partial charge < -0.3 is 26.2 Å². The minimum absolute atomic E-state index is 0.0462. The molecule has 1 saturated heterocycles. The molecule has 0 spiro atoms. The highest BCUT2D eigenvalue weighted by molar-refractivity contribution is 7.89. The zero-order valence-corrected chi connectivity index (χ0v) is 33.3. The first-order valence-electron chi connectivity index (χ1n) is 18.9. The predicted octanol–water partition coefficient (Wildman–Crippen LogP) is 3.75. The number of ketones is 1. The number of nitrogens with one attached hydrogen (secondary N) is 4. The van der Waals surface area contributed by atoms with Crippen LogP contribution in [0.5, 0.6) is 0 Å². The van der Waals surface area contributed by atoms with E-state index in [4.69, 9.17) is 0 Å². The SMILES string of the molecule is C=CCNC(=O)C(=O)C(CCCC)NC(=O)[C@@H]1[C@@H]2[C@H](CN1C(=O)[C@@H](NC(=O)NC1(CN(C)S(=O)(=O)c3ccccc3)CCCCC1)C(C)(C)C)C2(C)C. The molecule has 5 amide bonds. The molecule has 13 nitrogen and oxygen atoms in total. The molecule has 1 aromatic rings. The van der Waals surface area contributed by atoms with E-state index in [9.17, 15) is 32.4 Å². The van der Waals surface area contributed by atoms with Gasteiger partial charge in [-0.1, -0.05) is 97.9 Å². The van der Waals surface area contributed by atoms with Crippen LogP contribution in [0.2, 0.25) is 0 Å². The summed E-state index contributed by atoms with van der Waals surface area (Å²) in [6.45, 7) is 15.6. The number of Topliss-reactive ketones (excluding diaryl/α,β-unsaturated/α-hetero) is 1. The van der Waals surface area contributed by atoms with E-state index in [1.807, 2.05) is 27.7 Å². The molecular weight excluding hydrogens is 697 g/mol. The number of nitrogens with zero attached hydrogens (tertiary/aromatic N) is 2. The lowest BCUT2D eigenvalue weighted by Crippen LogP contribution is -2.64. The van der Waals surface area contributed by atoms with E-state index in [2.05, 4.69) is 41.7 Å². The smallest absolute Gasteiger partial charge is 0.315 e. The summed E-state index contributed by atoms with van der Waals surface area (Å²) in [7, 11) is -2.31. The lowest BCUT2D eigenvalue weighted by molar-refractivity contribution is -0.145. The Labute approximate surface area is 315 Å². The molecule has 53 heavy (non-hydrogen) atoms. The van der Waals surface area contributed by atoms with E-state index < -0.39 is 68.6 Å². The van der Waals surface area contributed by atoms with E-state index in [0.717, 1.165) is 25.7 Å². The van der Waals surface area contributed by atoms with Crippen LogP contribution in [0.4, 0.5) is 4.79 Å². The van der Waals surface area contributed by atoms with E-state index in [1.54, 1.807) is 30.3 Å². The second-order valence-electron chi connectivity index (χ2n) is 16.8. The molecule has 5 atom stereocenters. The van der Waals surface area contributed by atoms with Crippen LogP contribution in [-0.2, 0) is 29.2 Å². The molecule has 1 unspecified atom stereocenters. The summed E-state index contributed by atoms with van der Waals surface area (Å²) >= 11 is 0. The number of sulfonamides is 1. The maximum atomic E-state index is 14.6. The number of urea groups is 1. The highest BCUT2D eigenvalue weighted by Crippen LogP contribution is 2.65. The van der Waals surface area contributed by atoms with Crippen molar-refractivity contribution in [2.24, 2.45) is 22.7 Å². The van der Waals surface area contributed by atoms with Crippen LogP contribution in [0.25, 0.3) is 0 Å². The monoisotopic (exact) mass is 756 g/mol. The molecule has 1 aromatic carbocycles. The number of carbonyl (C=O) groups excluding carboxylic acids is 5. The zero-order valence-electron chi connectivity index (χ0n) is 32.5. The number of benzene rings is 1. The average Bonchev–Trinajstić information content (AvgIpc) is 3.41. The van der Waals surface area contributed by atoms with Gasteiger partial charge in [0.2, 0.25) is 27.6 Å². The second-order valence-corrected chi connectivity index (χ2v) is 18.8. The predicted molar refractivity (Wildman–Crippen MR) is 203 cm³/mol. The molecular formula is C39H60N6O7S. The molecule has 1 aliphatic heterocycles. The van der Waals surface area contributed by atoms with Crippen molar-refractivity contribution in [3.05, 3.63) is 43.0 Å². The highest BCUT2D eigenvalue weighted by atomic mass is 32.2. The fourth-order valence-corrected chi connectivity index (χ4v) is 9.49. The molecule has 0 bridgehead atoms. The van der Waals surface area contributed by atoms with Gasteiger partial charge in [-0.05, 0) is 54.1 Å². The standard InChI is InChI=1S/C39H60N6O7S/c1-9-11-20-28(31(46)34(48)40-23-10-2)41-33(47)30-29-27(38(29,6)7)24-45(30)35(49)32(37(3,4)5)42-36(50)43-39(21-16-13-17-22-39)25-44(8)53(51,52)26-18-14-12-15-19-26/h10,12,14-15,18-19,27-30,32H,2,9,11,13,16-17,20-25H2,1,3-8H3,(H,40,48)(H,41,47)(H2,42,43,50)/t27-,28?,29-,30-,32+/m0/s1. The van der Waals surface area contributed by atoms with Gasteiger partial charge in [-0.25, -0.2) is 13.2 Å². The number of likely N-dealkylation sites (N-methyl/N-ethyl adjacent to an activating group) is 1. The van der Waals surface area contributed by atoms with Crippen LogP contribution in [0.1, 0.15) is 92.9 Å². The third-order valence-corrected chi connectivity index (χ3v) is 13.2. The third-order valence-electron chi connectivity index (χ3n) is 11.4. The van der Waals surface area contributed by atoms with Crippen molar-refractivity contribution in [2.45, 2.75) is 121 Å². The van der Waals surface area contributed by atoms with Gasteiger partial charge in [-0.15, -0.1) is 6.58 Å². The van der Waals surface area contributed by atoms with E-state index in [-0.39, 0.29) is 41.7 Å². The maximum absolute atomic E-state index is 14.6. The summed E-state index contributed by atoms with van der Waals surface area (Å²) in [6, 6.07) is 4.59. The van der Waals surface area contributed by atoms with Crippen molar-refractivity contribution >= 4 is 39.6 Å². The van der Waals surface area contributed by atoms with Crippen LogP contribution >= 0.6 is 0 Å². The van der Waals surface area contributed by atoms with Crippen LogP contribution in [0, 0.1) is 22.7 Å². The fourth-order valence-electron chi connectivity index (χ4n) is 8.21. The Kier molecular flexibility index (Phi) is 13.2. The number of carbonyl (C=O) groups is 5. The summed E-state index contributed by atoms with van der Waals surface area (Å²) in [4.78, 5) is 70.0. The first-order valence-corrected chi connectivity index (χ1v) is 20.4. The minimum atomic E-state index is -3.82. The van der Waals surface area contributed by atoms with Gasteiger partial charge in [0.15, 0.2) is 0 Å². The first-order chi connectivity index (χ1) is 24.8. The zero-order chi connectivity index (χ0) is 39.4. The Balaban J connectivity index is 1.54. The topological polar surface area (TPSA) is 174 Å². The number of piperidine rings is 1. The summed E-state index contributed by atoms with van der Waals surface area (Å²) in [5.41, 5.74) is -1.84. The highest BCUT2D eigenvalue weighted by Gasteiger charge is 2.70. The van der Waals surface area contributed by atoms with Gasteiger partial charge in [0, 0.05) is 26.7 Å². The van der Waals surface area contributed by atoms with Crippen molar-refractivity contribution in [3.8, 4) is 0 Å². The van der Waals surface area contributed by atoms with E-state index in [1.165, 1.54) is 22.3 Å². The molecule has 2 aliphatic carbocycles. The van der Waals surface area contributed by atoms with Gasteiger partial charge in [-0.2, -0.15) is 4.31 Å². The number of hydrogen-bond acceptors (Lipinski definition) is 7. The molecule has 0 radical (unpaired) electrons. The summed E-state index contributed by atoms with van der Waals surface area (Å²) in [5, 5.41) is 11.3. The number of amides is 5. The van der Waals surface area contributed by atoms with Crippen LogP contribution in [0.15, 0.2) is 47.9 Å². The molecule has 2 saturated carbocycles. The molecule has 294 valence electrons. The Morgan fingerprint density at radius 3 is 2.26 bits per heavy atom. The van der Waals surface area contributed by atoms with Crippen LogP contribution in [-0.4, -0.2) is 97.5 Å². The lowest BCUT2D eigenvalue weighted by atomic mass is 9.81. The molecule has 14 heteroatoms. The number of hydrogen-bond donors (Lipinski definition) is 4. The normalized spacial score (nSPS) is 22.9. The summed E-state index contributed by atoms with van der Waals surface area (Å²) < 4.78 is 28.2. The van der Waals surface area contributed by atoms with Gasteiger partial charge in [0.1, 0.15) is 12.1 Å². The number of likely N-dealkylation sites (tertiary alicyclic amines) is 1. The number of fused-ring (bicyclic) bond motifs is 1. The first kappa shape index (κ1) is 42.0. The Morgan fingerprint density at radius 2 is 1.68 bits per heavy atom. The largest absolute Gasteiger partial charge is 0.346 e. The van der Waals surface area contributed by atoms with Crippen molar-refractivity contribution in [1.82, 2.24) is 30.5 Å². The third kappa shape index (κ3) is 9.48. The molecule has 3 aliphatic rings. The lowest BCUT2D eigenvalue weighted by Gasteiger charge is -2.42. The quantitative estimate of drug-likeness (QED) is 0.147. The fraction of sp³-hybridized carbons (Fsp3) is 0.667. The van der Waals surface area contributed by atoms with Gasteiger partial charge in [0.25, 0.3) is 5.91 Å². The Bertz CT molecular complexity index is 1630. The van der Waals surface area contributed by atoms with Crippen LogP contribution < -0.4 is 21.3 Å². The van der Waals surface area contributed by atoms with Gasteiger partial charge >= 0.3 is 6.03 Å². The van der Waals surface area contributed by atoms with E-state index >= 15 is 0 Å². The van der Waals surface area contributed by atoms with Crippen molar-refractivity contribution in [3.63, 3.8) is 0 Å². The number of unbranched alkanes of at least 4 members (excludes halogenated alkanes) is 1. The molecule has 3 fully saturated rings. The van der Waals surface area contributed by atoms with Crippen molar-refractivity contribution in [1.29, 1.82) is 0 Å². The Hall–Kier alpha value is -3.78. The maximum Gasteiger partial charge on any atom is 0.315 e. The summed E-state index contributed by atoms with van der Waals surface area (Å²) in [5.74, 6) is -2.59. The molecule has 4 rings (SSSR count). The molecule has 1 heterocycles. The molecule has 4 N–H and O–H groups in total. The van der Waals surface area contributed by atoms with Crippen molar-refractivity contribution < 1.29 is 32.4 Å². The average molecular weight is 757 g/mol. The van der Waals surface area contributed by atoms with Crippen LogP contribution in [0.3, 0.4) is 0 Å². The molecule has 0 aromatic heterocycles. The number of rotatable bonds is 16. The van der Waals surface area contributed by atoms with E-state index in [0.29, 0.717) is 25.8 Å². The second kappa shape index (κ2) is 16.7. The van der Waals surface area contributed by atoms with Gasteiger partial charge in [0.05, 0.1) is 16.5 Å². The Morgan fingerprint density at radius 1 is 1.04 bits per heavy atom. The summed E-state index contributed by atoms with van der Waals surface area (Å²) in [6.07, 6.45) is 6.81.